The summed E-state index contributed by atoms with van der Waals surface area (Å²) < 4.78 is 11.5. The minimum Gasteiger partial charge on any atom is -0.491 e. The maximum atomic E-state index is 10.5. The molecule has 2 heterocycles. The molecule has 4 aromatic rings. The van der Waals surface area contributed by atoms with E-state index in [0.29, 0.717) is 17.9 Å². The van der Waals surface area contributed by atoms with E-state index < -0.39 is 6.10 Å². The molecule has 2 aromatic heterocycles. The highest BCUT2D eigenvalue weighted by Crippen LogP contribution is 2.30. The first kappa shape index (κ1) is 17.3. The van der Waals surface area contributed by atoms with Crippen molar-refractivity contribution in [3.63, 3.8) is 0 Å². The van der Waals surface area contributed by atoms with Gasteiger partial charge in [0.25, 0.3) is 0 Å². The van der Waals surface area contributed by atoms with Crippen LogP contribution in [0, 0.1) is 0 Å². The third kappa shape index (κ3) is 3.57. The molecule has 0 bridgehead atoms. The van der Waals surface area contributed by atoms with Crippen LogP contribution in [0.1, 0.15) is 25.5 Å². The number of hydrogen-bond donors (Lipinski definition) is 2. The molecule has 2 N–H and O–H groups in total. The normalized spacial score (nSPS) is 12.6. The monoisotopic (exact) mass is 363 g/mol. The lowest BCUT2D eigenvalue weighted by Gasteiger charge is -2.14. The number of nitrogens with zero attached hydrogens (tertiary/aromatic N) is 2. The molecule has 138 valence electrons. The van der Waals surface area contributed by atoms with Crippen LogP contribution in [0.25, 0.3) is 22.1 Å². The highest BCUT2D eigenvalue weighted by molar-refractivity contribution is 6.05. The minimum absolute atomic E-state index is 0.117. The zero-order chi connectivity index (χ0) is 18.8. The summed E-state index contributed by atoms with van der Waals surface area (Å²) in [5.41, 5.74) is 2.91. The number of aromatic nitrogens is 2. The van der Waals surface area contributed by atoms with E-state index in [4.69, 9.17) is 9.15 Å². The van der Waals surface area contributed by atoms with Crippen LogP contribution in [0.4, 0.5) is 5.82 Å². The number of furan rings is 1. The predicted molar refractivity (Wildman–Crippen MR) is 105 cm³/mol. The van der Waals surface area contributed by atoms with Gasteiger partial charge in [-0.15, -0.1) is 0 Å². The fraction of sp³-hybridized carbons (Fsp3) is 0.238. The van der Waals surface area contributed by atoms with Gasteiger partial charge in [-0.1, -0.05) is 24.3 Å². The van der Waals surface area contributed by atoms with Gasteiger partial charge in [0.15, 0.2) is 11.4 Å². The maximum Gasteiger partial charge on any atom is 0.196 e. The predicted octanol–water partition coefficient (Wildman–Crippen LogP) is 4.31. The molecule has 0 saturated heterocycles. The Bertz CT molecular complexity index is 1060. The third-order valence-electron chi connectivity index (χ3n) is 4.26. The Morgan fingerprint density at radius 3 is 2.63 bits per heavy atom. The Morgan fingerprint density at radius 2 is 1.85 bits per heavy atom. The van der Waals surface area contributed by atoms with Gasteiger partial charge in [-0.25, -0.2) is 9.97 Å². The van der Waals surface area contributed by atoms with Crippen LogP contribution in [0.2, 0.25) is 0 Å². The van der Waals surface area contributed by atoms with E-state index in [1.807, 2.05) is 62.4 Å². The highest BCUT2D eigenvalue weighted by atomic mass is 16.5. The van der Waals surface area contributed by atoms with Gasteiger partial charge in [0, 0.05) is 11.9 Å². The van der Waals surface area contributed by atoms with Gasteiger partial charge < -0.3 is 19.6 Å². The van der Waals surface area contributed by atoms with Crippen LogP contribution >= 0.6 is 0 Å². The number of para-hydroxylation sites is 1. The molecule has 0 fully saturated rings. The van der Waals surface area contributed by atoms with Crippen molar-refractivity contribution in [2.45, 2.75) is 26.1 Å². The largest absolute Gasteiger partial charge is 0.491 e. The average Bonchev–Trinajstić information content (AvgIpc) is 3.05. The molecule has 0 saturated carbocycles. The highest BCUT2D eigenvalue weighted by Gasteiger charge is 2.14. The fourth-order valence-electron chi connectivity index (χ4n) is 3.00. The molecule has 0 aliphatic rings. The first-order valence-electron chi connectivity index (χ1n) is 8.92. The van der Waals surface area contributed by atoms with Crippen LogP contribution in [0.15, 0.2) is 59.3 Å². The van der Waals surface area contributed by atoms with Gasteiger partial charge in [0.2, 0.25) is 0 Å². The summed E-state index contributed by atoms with van der Waals surface area (Å²) in [6, 6.07) is 15.2. The number of hydrogen-bond acceptors (Lipinski definition) is 6. The maximum absolute atomic E-state index is 10.5. The topological polar surface area (TPSA) is 80.4 Å². The van der Waals surface area contributed by atoms with E-state index in [9.17, 15) is 5.11 Å². The Balaban J connectivity index is 1.51. The van der Waals surface area contributed by atoms with Gasteiger partial charge in [0.1, 0.15) is 23.2 Å². The molecule has 0 spiro atoms. The molecular weight excluding hydrogens is 342 g/mol. The van der Waals surface area contributed by atoms with Crippen molar-refractivity contribution in [1.82, 2.24) is 9.97 Å². The van der Waals surface area contributed by atoms with Crippen LogP contribution in [0.5, 0.6) is 5.75 Å². The Hall–Kier alpha value is -3.12. The van der Waals surface area contributed by atoms with E-state index in [1.165, 1.54) is 6.33 Å². The molecule has 6 heteroatoms. The van der Waals surface area contributed by atoms with Crippen molar-refractivity contribution in [3.05, 3.63) is 60.4 Å². The molecule has 0 radical (unpaired) electrons. The third-order valence-corrected chi connectivity index (χ3v) is 4.26. The van der Waals surface area contributed by atoms with Crippen molar-refractivity contribution in [2.75, 3.05) is 11.9 Å². The number of benzene rings is 2. The second-order valence-electron chi connectivity index (χ2n) is 6.63. The molecule has 4 rings (SSSR count). The summed E-state index contributed by atoms with van der Waals surface area (Å²) in [5.74, 6) is 1.35. The molecule has 27 heavy (non-hydrogen) atoms. The average molecular weight is 363 g/mol. The molecule has 1 unspecified atom stereocenters. The van der Waals surface area contributed by atoms with E-state index in [1.54, 1.807) is 0 Å². The Labute approximate surface area is 156 Å². The summed E-state index contributed by atoms with van der Waals surface area (Å²) in [4.78, 5) is 8.59. The fourth-order valence-corrected chi connectivity index (χ4v) is 3.00. The van der Waals surface area contributed by atoms with Crippen molar-refractivity contribution < 1.29 is 14.3 Å². The molecular formula is C21H21N3O3. The summed E-state index contributed by atoms with van der Waals surface area (Å²) in [6.45, 7) is 4.26. The standard InChI is InChI=1S/C21H21N3O3/c1-13(2)26-15-9-7-14(8-10-15)17(25)11-22-21-20-19(23-12-24-21)16-5-3-4-6-18(16)27-20/h3-10,12-13,17,25H,11H2,1-2H3,(H,22,23,24). The lowest BCUT2D eigenvalue weighted by Crippen LogP contribution is -2.13. The number of anilines is 1. The van der Waals surface area contributed by atoms with Gasteiger partial charge in [0.05, 0.1) is 12.2 Å². The van der Waals surface area contributed by atoms with Gasteiger partial charge in [-0.3, -0.25) is 0 Å². The molecule has 0 aliphatic heterocycles. The summed E-state index contributed by atoms with van der Waals surface area (Å²) in [6.07, 6.45) is 0.927. The molecule has 2 aromatic carbocycles. The van der Waals surface area contributed by atoms with Crippen molar-refractivity contribution in [3.8, 4) is 5.75 Å². The van der Waals surface area contributed by atoms with Gasteiger partial charge in [-0.05, 0) is 43.7 Å². The minimum atomic E-state index is -0.688. The quantitative estimate of drug-likeness (QED) is 0.531. The lowest BCUT2D eigenvalue weighted by molar-refractivity contribution is 0.191. The number of fused-ring (bicyclic) bond motifs is 3. The van der Waals surface area contributed by atoms with Crippen LogP contribution in [0.3, 0.4) is 0 Å². The molecule has 6 nitrogen and oxygen atoms in total. The van der Waals surface area contributed by atoms with Gasteiger partial charge in [-0.2, -0.15) is 0 Å². The van der Waals surface area contributed by atoms with Crippen LogP contribution in [-0.4, -0.2) is 27.7 Å². The van der Waals surface area contributed by atoms with E-state index >= 15 is 0 Å². The van der Waals surface area contributed by atoms with E-state index in [-0.39, 0.29) is 6.10 Å². The molecule has 0 aliphatic carbocycles. The number of ether oxygens (including phenoxy) is 1. The Morgan fingerprint density at radius 1 is 1.07 bits per heavy atom. The van der Waals surface area contributed by atoms with Crippen molar-refractivity contribution in [2.24, 2.45) is 0 Å². The zero-order valence-corrected chi connectivity index (χ0v) is 15.2. The Kier molecular flexibility index (Phi) is 4.64. The number of nitrogens with one attached hydrogen (secondary N) is 1. The number of aliphatic hydroxyl groups is 1. The zero-order valence-electron chi connectivity index (χ0n) is 15.2. The first-order valence-corrected chi connectivity index (χ1v) is 8.92. The molecule has 1 atom stereocenters. The lowest BCUT2D eigenvalue weighted by atomic mass is 10.1. The van der Waals surface area contributed by atoms with E-state index in [0.717, 1.165) is 27.8 Å². The summed E-state index contributed by atoms with van der Waals surface area (Å²) in [7, 11) is 0. The molecule has 0 amide bonds. The van der Waals surface area contributed by atoms with Crippen LogP contribution < -0.4 is 10.1 Å². The van der Waals surface area contributed by atoms with E-state index in [2.05, 4.69) is 15.3 Å². The summed E-state index contributed by atoms with van der Waals surface area (Å²) >= 11 is 0. The first-order chi connectivity index (χ1) is 13.1. The second kappa shape index (κ2) is 7.25. The number of aliphatic hydroxyl groups excluding tert-OH is 1. The second-order valence-corrected chi connectivity index (χ2v) is 6.63. The SMILES string of the molecule is CC(C)Oc1ccc(C(O)CNc2ncnc3c2oc2ccccc23)cc1. The smallest absolute Gasteiger partial charge is 0.196 e. The van der Waals surface area contributed by atoms with Gasteiger partial charge >= 0.3 is 0 Å². The van der Waals surface area contributed by atoms with Crippen LogP contribution in [-0.2, 0) is 0 Å². The number of rotatable bonds is 6. The summed E-state index contributed by atoms with van der Waals surface area (Å²) in [5, 5.41) is 14.6. The van der Waals surface area contributed by atoms with Crippen molar-refractivity contribution in [1.29, 1.82) is 0 Å². The van der Waals surface area contributed by atoms with Crippen molar-refractivity contribution >= 4 is 27.9 Å².